The van der Waals surface area contributed by atoms with E-state index in [-0.39, 0.29) is 5.92 Å². The van der Waals surface area contributed by atoms with E-state index in [4.69, 9.17) is 0 Å². The maximum absolute atomic E-state index is 13.6. The molecule has 4 nitrogen and oxygen atoms in total. The second-order valence-corrected chi connectivity index (χ2v) is 8.58. The Morgan fingerprint density at radius 1 is 0.931 bits per heavy atom. The summed E-state index contributed by atoms with van der Waals surface area (Å²) in [6, 6.07) is 17.1. The highest BCUT2D eigenvalue weighted by atomic mass is 16.2. The Labute approximate surface area is 174 Å². The van der Waals surface area contributed by atoms with Gasteiger partial charge in [-0.1, -0.05) is 36.4 Å². The van der Waals surface area contributed by atoms with Crippen LogP contribution in [-0.4, -0.2) is 34.9 Å². The van der Waals surface area contributed by atoms with E-state index in [2.05, 4.69) is 45.5 Å². The molecule has 154 valence electrons. The van der Waals surface area contributed by atoms with Crippen LogP contribution in [0, 0.1) is 5.92 Å². The molecule has 1 aromatic heterocycles. The Hall–Kier alpha value is -2.20. The zero-order chi connectivity index (χ0) is 19.9. The number of aromatic nitrogens is 1. The molecule has 2 heterocycles. The molecule has 29 heavy (non-hydrogen) atoms. The molecule has 1 unspecified atom stereocenters. The van der Waals surface area contributed by atoms with Gasteiger partial charge in [0.2, 0.25) is 5.91 Å². The fourth-order valence-electron chi connectivity index (χ4n) is 5.00. The van der Waals surface area contributed by atoms with Crippen molar-refractivity contribution in [1.82, 2.24) is 15.2 Å². The second-order valence-electron chi connectivity index (χ2n) is 8.58. The standard InChI is InChI=1S/C25H33N3O/c29-25(22-13-11-21(12-14-22)20-7-2-1-3-8-20)28(19-23-9-4-5-17-27-23)24-10-6-16-26-18-15-24/h1-5,7-9,17,21-22,24,26H,6,10-16,18-19H2. The number of rotatable bonds is 5. The van der Waals surface area contributed by atoms with Gasteiger partial charge >= 0.3 is 0 Å². The molecule has 1 atom stereocenters. The van der Waals surface area contributed by atoms with Crippen LogP contribution in [0.3, 0.4) is 0 Å². The van der Waals surface area contributed by atoms with E-state index in [9.17, 15) is 4.79 Å². The molecule has 1 saturated heterocycles. The van der Waals surface area contributed by atoms with Gasteiger partial charge in [0, 0.05) is 18.2 Å². The van der Waals surface area contributed by atoms with Gasteiger partial charge in [-0.05, 0) is 81.6 Å². The van der Waals surface area contributed by atoms with E-state index >= 15 is 0 Å². The Morgan fingerprint density at radius 2 is 1.72 bits per heavy atom. The average molecular weight is 392 g/mol. The van der Waals surface area contributed by atoms with Crippen LogP contribution in [0.2, 0.25) is 0 Å². The minimum absolute atomic E-state index is 0.162. The molecule has 1 amide bonds. The Balaban J connectivity index is 1.44. The highest BCUT2D eigenvalue weighted by Crippen LogP contribution is 2.37. The van der Waals surface area contributed by atoms with Crippen molar-refractivity contribution < 1.29 is 4.79 Å². The lowest BCUT2D eigenvalue weighted by Crippen LogP contribution is -2.44. The van der Waals surface area contributed by atoms with E-state index in [0.717, 1.165) is 63.7 Å². The summed E-state index contributed by atoms with van der Waals surface area (Å²) >= 11 is 0. The highest BCUT2D eigenvalue weighted by Gasteiger charge is 2.33. The number of amides is 1. The Kier molecular flexibility index (Phi) is 6.94. The number of hydrogen-bond donors (Lipinski definition) is 1. The van der Waals surface area contributed by atoms with Crippen LogP contribution in [0.5, 0.6) is 0 Å². The third kappa shape index (κ3) is 5.24. The quantitative estimate of drug-likeness (QED) is 0.815. The molecule has 1 aliphatic carbocycles. The summed E-state index contributed by atoms with van der Waals surface area (Å²) < 4.78 is 0. The molecule has 0 bridgehead atoms. The molecule has 4 rings (SSSR count). The first kappa shape index (κ1) is 20.1. The van der Waals surface area contributed by atoms with E-state index in [1.54, 1.807) is 0 Å². The maximum atomic E-state index is 13.6. The minimum Gasteiger partial charge on any atom is -0.334 e. The molecule has 2 aliphatic rings. The smallest absolute Gasteiger partial charge is 0.226 e. The van der Waals surface area contributed by atoms with Crippen LogP contribution in [0.1, 0.15) is 62.1 Å². The predicted molar refractivity (Wildman–Crippen MR) is 116 cm³/mol. The largest absolute Gasteiger partial charge is 0.334 e. The van der Waals surface area contributed by atoms with Crippen molar-refractivity contribution in [3.63, 3.8) is 0 Å². The topological polar surface area (TPSA) is 45.2 Å². The Morgan fingerprint density at radius 3 is 2.48 bits per heavy atom. The normalized spacial score (nSPS) is 25.2. The maximum Gasteiger partial charge on any atom is 0.226 e. The molecule has 2 aromatic rings. The fraction of sp³-hybridized carbons (Fsp3) is 0.520. The van der Waals surface area contributed by atoms with E-state index in [0.29, 0.717) is 24.4 Å². The molecule has 1 aliphatic heterocycles. The molecule has 0 spiro atoms. The number of pyridine rings is 1. The van der Waals surface area contributed by atoms with Crippen LogP contribution in [-0.2, 0) is 11.3 Å². The lowest BCUT2D eigenvalue weighted by molar-refractivity contribution is -0.140. The number of carbonyl (C=O) groups is 1. The van der Waals surface area contributed by atoms with Gasteiger partial charge in [-0.15, -0.1) is 0 Å². The molecule has 4 heteroatoms. The molecule has 0 radical (unpaired) electrons. The van der Waals surface area contributed by atoms with Crippen molar-refractivity contribution in [2.45, 2.75) is 63.5 Å². The van der Waals surface area contributed by atoms with Gasteiger partial charge in [0.05, 0.1) is 12.2 Å². The SMILES string of the molecule is O=C(C1CCC(c2ccccc2)CC1)N(Cc1ccccn1)C1CCCNCC1. The number of carbonyl (C=O) groups excluding carboxylic acids is 1. The van der Waals surface area contributed by atoms with E-state index < -0.39 is 0 Å². The highest BCUT2D eigenvalue weighted by molar-refractivity contribution is 5.79. The summed E-state index contributed by atoms with van der Waals surface area (Å²) in [6.45, 7) is 2.70. The number of nitrogens with one attached hydrogen (secondary N) is 1. The number of nitrogens with zero attached hydrogens (tertiary/aromatic N) is 2. The second kappa shape index (κ2) is 10.0. The Bertz CT molecular complexity index is 748. The molecule has 1 aromatic carbocycles. The molecule has 1 N–H and O–H groups in total. The molecular weight excluding hydrogens is 358 g/mol. The van der Waals surface area contributed by atoms with E-state index in [1.165, 1.54) is 5.56 Å². The summed E-state index contributed by atoms with van der Waals surface area (Å²) in [4.78, 5) is 20.3. The minimum atomic E-state index is 0.162. The van der Waals surface area contributed by atoms with Gasteiger partial charge in [0.15, 0.2) is 0 Å². The van der Waals surface area contributed by atoms with Crippen LogP contribution in [0.15, 0.2) is 54.7 Å². The van der Waals surface area contributed by atoms with Gasteiger partial charge in [0.25, 0.3) is 0 Å². The van der Waals surface area contributed by atoms with Crippen LogP contribution in [0.4, 0.5) is 0 Å². The van der Waals surface area contributed by atoms with Gasteiger partial charge in [-0.25, -0.2) is 0 Å². The molecular formula is C25H33N3O. The third-order valence-corrected chi connectivity index (χ3v) is 6.67. The van der Waals surface area contributed by atoms with Crippen LogP contribution < -0.4 is 5.32 Å². The van der Waals surface area contributed by atoms with Gasteiger partial charge in [0.1, 0.15) is 0 Å². The predicted octanol–water partition coefficient (Wildman–Crippen LogP) is 4.53. The van der Waals surface area contributed by atoms with E-state index in [1.807, 2.05) is 24.4 Å². The number of benzene rings is 1. The van der Waals surface area contributed by atoms with Crippen molar-refractivity contribution in [1.29, 1.82) is 0 Å². The first-order chi connectivity index (χ1) is 14.3. The summed E-state index contributed by atoms with van der Waals surface area (Å²) in [5.74, 6) is 1.12. The van der Waals surface area contributed by atoms with Gasteiger partial charge in [-0.2, -0.15) is 0 Å². The summed E-state index contributed by atoms with van der Waals surface area (Å²) in [7, 11) is 0. The monoisotopic (exact) mass is 391 g/mol. The van der Waals surface area contributed by atoms with Gasteiger partial charge < -0.3 is 10.2 Å². The van der Waals surface area contributed by atoms with Gasteiger partial charge in [-0.3, -0.25) is 9.78 Å². The van der Waals surface area contributed by atoms with Crippen LogP contribution >= 0.6 is 0 Å². The van der Waals surface area contributed by atoms with Crippen LogP contribution in [0.25, 0.3) is 0 Å². The van der Waals surface area contributed by atoms with Crippen molar-refractivity contribution in [2.75, 3.05) is 13.1 Å². The lowest BCUT2D eigenvalue weighted by atomic mass is 9.78. The van der Waals surface area contributed by atoms with Crippen molar-refractivity contribution in [3.05, 3.63) is 66.0 Å². The molecule has 2 fully saturated rings. The fourth-order valence-corrected chi connectivity index (χ4v) is 5.00. The zero-order valence-electron chi connectivity index (χ0n) is 17.3. The molecule has 1 saturated carbocycles. The summed E-state index contributed by atoms with van der Waals surface area (Å²) in [5.41, 5.74) is 2.43. The first-order valence-corrected chi connectivity index (χ1v) is 11.3. The number of hydrogen-bond acceptors (Lipinski definition) is 3. The zero-order valence-corrected chi connectivity index (χ0v) is 17.3. The third-order valence-electron chi connectivity index (χ3n) is 6.67. The van der Waals surface area contributed by atoms with Crippen molar-refractivity contribution in [2.24, 2.45) is 5.92 Å². The average Bonchev–Trinajstić information content (AvgIpc) is 3.08. The first-order valence-electron chi connectivity index (χ1n) is 11.3. The summed E-state index contributed by atoms with van der Waals surface area (Å²) in [5, 5.41) is 3.48. The van der Waals surface area contributed by atoms with Crippen molar-refractivity contribution >= 4 is 5.91 Å². The van der Waals surface area contributed by atoms with Crippen molar-refractivity contribution in [3.8, 4) is 0 Å². The summed E-state index contributed by atoms with van der Waals surface area (Å²) in [6.07, 6.45) is 9.33. The lowest BCUT2D eigenvalue weighted by Gasteiger charge is -2.36.